The van der Waals surface area contributed by atoms with Crippen LogP contribution in [-0.2, 0) is 11.3 Å². The zero-order valence-corrected chi connectivity index (χ0v) is 12.3. The number of amides is 2. The molecule has 1 aromatic heterocycles. The van der Waals surface area contributed by atoms with Crippen molar-refractivity contribution in [2.75, 3.05) is 0 Å². The van der Waals surface area contributed by atoms with Gasteiger partial charge in [0.25, 0.3) is 5.91 Å². The number of nitrogens with zero attached hydrogens (tertiary/aromatic N) is 2. The first-order chi connectivity index (χ1) is 9.60. The fourth-order valence-corrected chi connectivity index (χ4v) is 2.01. The molecule has 7 nitrogen and oxygen atoms in total. The number of carbonyl (C=O) groups excluding carboxylic acids is 2. The molecule has 1 aliphatic rings. The van der Waals surface area contributed by atoms with E-state index in [9.17, 15) is 14.4 Å². The molecule has 2 rings (SSSR count). The number of hydrogen-bond acceptors (Lipinski definition) is 5. The zero-order valence-electron chi connectivity index (χ0n) is 12.3. The van der Waals surface area contributed by atoms with Crippen LogP contribution in [0.15, 0.2) is 6.07 Å². The number of carboxylic acids is 1. The molecule has 0 radical (unpaired) electrons. The van der Waals surface area contributed by atoms with Gasteiger partial charge in [-0.2, -0.15) is 0 Å². The van der Waals surface area contributed by atoms with E-state index in [2.05, 4.69) is 4.98 Å². The maximum Gasteiger partial charge on any atom is 0.417 e. The molecule has 1 aliphatic heterocycles. The van der Waals surface area contributed by atoms with E-state index in [4.69, 9.17) is 9.84 Å². The number of rotatable bonds is 1. The summed E-state index contributed by atoms with van der Waals surface area (Å²) in [7, 11) is 0. The van der Waals surface area contributed by atoms with Gasteiger partial charge in [0, 0.05) is 5.56 Å². The van der Waals surface area contributed by atoms with Gasteiger partial charge in [0.2, 0.25) is 0 Å². The van der Waals surface area contributed by atoms with Crippen LogP contribution in [0.2, 0.25) is 0 Å². The number of hydrogen-bond donors (Lipinski definition) is 1. The molecule has 0 fully saturated rings. The van der Waals surface area contributed by atoms with Gasteiger partial charge in [0.15, 0.2) is 0 Å². The molecule has 0 bridgehead atoms. The molecule has 2 amide bonds. The van der Waals surface area contributed by atoms with Crippen LogP contribution >= 0.6 is 0 Å². The molecule has 1 aromatic rings. The molecule has 0 saturated carbocycles. The highest BCUT2D eigenvalue weighted by atomic mass is 16.6. The Hall–Kier alpha value is -2.44. The minimum Gasteiger partial charge on any atom is -0.477 e. The maximum absolute atomic E-state index is 12.2. The predicted octanol–water partition coefficient (Wildman–Crippen LogP) is 1.98. The highest BCUT2D eigenvalue weighted by Crippen LogP contribution is 2.26. The average Bonchev–Trinajstić information content (AvgIpc) is 2.65. The second kappa shape index (κ2) is 4.83. The number of aromatic carboxylic acids is 1. The van der Waals surface area contributed by atoms with Crippen molar-refractivity contribution in [3.8, 4) is 0 Å². The summed E-state index contributed by atoms with van der Waals surface area (Å²) in [6.45, 7) is 6.82. The summed E-state index contributed by atoms with van der Waals surface area (Å²) >= 11 is 0. The Morgan fingerprint density at radius 1 is 1.38 bits per heavy atom. The number of carboxylic acid groups (broad SMARTS) is 1. The minimum atomic E-state index is -1.22. The first-order valence-electron chi connectivity index (χ1n) is 6.39. The fraction of sp³-hybridized carbons (Fsp3) is 0.429. The lowest BCUT2D eigenvalue weighted by molar-refractivity contribution is 0.0247. The first-order valence-corrected chi connectivity index (χ1v) is 6.39. The standard InChI is InChI=1S/C14H16N2O5/c1-7-5-9(12(18)19)15-10-8(7)6-16(11(10)17)13(20)21-14(2,3)4/h5H,6H2,1-4H3,(H,18,19). The van der Waals surface area contributed by atoms with E-state index in [0.717, 1.165) is 4.90 Å². The van der Waals surface area contributed by atoms with Gasteiger partial charge in [0.05, 0.1) is 6.54 Å². The third-order valence-electron chi connectivity index (χ3n) is 2.94. The SMILES string of the molecule is Cc1cc(C(=O)O)nc2c1CN(C(=O)OC(C)(C)C)C2=O. The zero-order chi connectivity index (χ0) is 15.9. The van der Waals surface area contributed by atoms with Gasteiger partial charge in [0.1, 0.15) is 17.0 Å². The molecule has 0 unspecified atom stereocenters. The lowest BCUT2D eigenvalue weighted by Gasteiger charge is -2.23. The Bertz CT molecular complexity index is 645. The van der Waals surface area contributed by atoms with Crippen molar-refractivity contribution in [3.63, 3.8) is 0 Å². The van der Waals surface area contributed by atoms with Crippen molar-refractivity contribution in [1.82, 2.24) is 9.88 Å². The van der Waals surface area contributed by atoms with Gasteiger partial charge >= 0.3 is 12.1 Å². The van der Waals surface area contributed by atoms with Crippen LogP contribution in [0, 0.1) is 6.92 Å². The van der Waals surface area contributed by atoms with Crippen molar-refractivity contribution >= 4 is 18.0 Å². The molecule has 2 heterocycles. The van der Waals surface area contributed by atoms with Gasteiger partial charge in [-0.1, -0.05) is 0 Å². The summed E-state index contributed by atoms with van der Waals surface area (Å²) in [4.78, 5) is 40.0. The highest BCUT2D eigenvalue weighted by molar-refractivity contribution is 6.06. The van der Waals surface area contributed by atoms with Crippen LogP contribution in [0.25, 0.3) is 0 Å². The predicted molar refractivity (Wildman–Crippen MR) is 72.0 cm³/mol. The second-order valence-electron chi connectivity index (χ2n) is 5.83. The van der Waals surface area contributed by atoms with Gasteiger partial charge in [-0.05, 0) is 39.3 Å². The van der Waals surface area contributed by atoms with Crippen LogP contribution < -0.4 is 0 Å². The van der Waals surface area contributed by atoms with Crippen LogP contribution in [-0.4, -0.2) is 38.6 Å². The van der Waals surface area contributed by atoms with Gasteiger partial charge in [-0.25, -0.2) is 19.5 Å². The largest absolute Gasteiger partial charge is 0.477 e. The Morgan fingerprint density at radius 3 is 2.52 bits per heavy atom. The first kappa shape index (κ1) is 15.0. The third kappa shape index (κ3) is 2.86. The van der Waals surface area contributed by atoms with Crippen molar-refractivity contribution < 1.29 is 24.2 Å². The molecule has 0 spiro atoms. The Kier molecular flexibility index (Phi) is 3.44. The van der Waals surface area contributed by atoms with Gasteiger partial charge in [-0.3, -0.25) is 4.79 Å². The molecule has 0 aromatic carbocycles. The fourth-order valence-electron chi connectivity index (χ4n) is 2.01. The summed E-state index contributed by atoms with van der Waals surface area (Å²) in [6, 6.07) is 1.38. The molecule has 0 atom stereocenters. The number of ether oxygens (including phenoxy) is 1. The van der Waals surface area contributed by atoms with Gasteiger partial charge in [-0.15, -0.1) is 0 Å². The Morgan fingerprint density at radius 2 is 2.00 bits per heavy atom. The van der Waals surface area contributed by atoms with E-state index in [0.29, 0.717) is 11.1 Å². The molecule has 1 N–H and O–H groups in total. The smallest absolute Gasteiger partial charge is 0.417 e. The quantitative estimate of drug-likeness (QED) is 0.850. The Balaban J connectivity index is 2.34. The lowest BCUT2D eigenvalue weighted by atomic mass is 10.1. The van der Waals surface area contributed by atoms with Crippen molar-refractivity contribution in [2.45, 2.75) is 39.8 Å². The molecule has 21 heavy (non-hydrogen) atoms. The van der Waals surface area contributed by atoms with Crippen molar-refractivity contribution in [3.05, 3.63) is 28.6 Å². The molecular weight excluding hydrogens is 276 g/mol. The number of imide groups is 1. The summed E-state index contributed by atoms with van der Waals surface area (Å²) < 4.78 is 5.16. The van der Waals surface area contributed by atoms with Crippen LogP contribution in [0.4, 0.5) is 4.79 Å². The van der Waals surface area contributed by atoms with E-state index >= 15 is 0 Å². The minimum absolute atomic E-state index is 0.00161. The molecule has 0 aliphatic carbocycles. The average molecular weight is 292 g/mol. The van der Waals surface area contributed by atoms with E-state index in [1.165, 1.54) is 6.07 Å². The van der Waals surface area contributed by atoms with Crippen molar-refractivity contribution in [1.29, 1.82) is 0 Å². The van der Waals surface area contributed by atoms with Crippen LogP contribution in [0.1, 0.15) is 52.9 Å². The lowest BCUT2D eigenvalue weighted by Crippen LogP contribution is -2.37. The van der Waals surface area contributed by atoms with E-state index < -0.39 is 23.6 Å². The van der Waals surface area contributed by atoms with Crippen LogP contribution in [0.5, 0.6) is 0 Å². The van der Waals surface area contributed by atoms with Crippen LogP contribution in [0.3, 0.4) is 0 Å². The molecule has 0 saturated heterocycles. The Labute approximate surface area is 121 Å². The van der Waals surface area contributed by atoms with E-state index in [1.54, 1.807) is 27.7 Å². The van der Waals surface area contributed by atoms with Gasteiger partial charge < -0.3 is 9.84 Å². The number of carbonyl (C=O) groups is 3. The summed E-state index contributed by atoms with van der Waals surface area (Å²) in [6.07, 6.45) is -0.762. The topological polar surface area (TPSA) is 96.8 Å². The monoisotopic (exact) mass is 292 g/mol. The summed E-state index contributed by atoms with van der Waals surface area (Å²) in [5.74, 6) is -1.85. The molecule has 7 heteroatoms. The van der Waals surface area contributed by atoms with E-state index in [1.807, 2.05) is 0 Å². The number of aryl methyl sites for hydroxylation is 1. The molecule has 112 valence electrons. The summed E-state index contributed by atoms with van der Waals surface area (Å²) in [5, 5.41) is 8.98. The molecular formula is C14H16N2O5. The number of aromatic nitrogens is 1. The number of pyridine rings is 1. The third-order valence-corrected chi connectivity index (χ3v) is 2.94. The van der Waals surface area contributed by atoms with E-state index in [-0.39, 0.29) is 17.9 Å². The highest BCUT2D eigenvalue weighted by Gasteiger charge is 2.37. The normalized spacial score (nSPS) is 14.1. The maximum atomic E-state index is 12.2. The number of fused-ring (bicyclic) bond motifs is 1. The second-order valence-corrected chi connectivity index (χ2v) is 5.83. The van der Waals surface area contributed by atoms with Crippen molar-refractivity contribution in [2.24, 2.45) is 0 Å². The summed E-state index contributed by atoms with van der Waals surface area (Å²) in [5.41, 5.74) is 0.220.